The standard InChI is InChI=1S/C18H18N6O3S/c1-26-12-6-4-11(5-7-12)13-9-14(15-3-2-8-27-15)24(23-13)16(25)10-28-18-20-17(19)21-22-18/h2-9,14,23H,10H2,1H3,(H3,19,20,21,22)/t14-/m1/s1. The van der Waals surface area contributed by atoms with E-state index in [1.165, 1.54) is 11.8 Å². The molecule has 4 N–H and O–H groups in total. The Kier molecular flexibility index (Phi) is 4.94. The molecule has 28 heavy (non-hydrogen) atoms. The molecule has 0 saturated carbocycles. The van der Waals surface area contributed by atoms with Crippen LogP contribution >= 0.6 is 11.8 Å². The van der Waals surface area contributed by atoms with Crippen LogP contribution in [-0.4, -0.2) is 39.0 Å². The largest absolute Gasteiger partial charge is 0.497 e. The van der Waals surface area contributed by atoms with Gasteiger partial charge in [0.25, 0.3) is 5.91 Å². The summed E-state index contributed by atoms with van der Waals surface area (Å²) >= 11 is 1.20. The molecule has 3 aromatic rings. The Labute approximate surface area is 164 Å². The Morgan fingerprint density at radius 1 is 1.36 bits per heavy atom. The van der Waals surface area contributed by atoms with Crippen LogP contribution in [0, 0.1) is 0 Å². The molecule has 2 aromatic heterocycles. The highest BCUT2D eigenvalue weighted by Gasteiger charge is 2.32. The predicted octanol–water partition coefficient (Wildman–Crippen LogP) is 2.21. The van der Waals surface area contributed by atoms with Gasteiger partial charge in [-0.15, -0.1) is 5.10 Å². The van der Waals surface area contributed by atoms with E-state index in [-0.39, 0.29) is 23.7 Å². The number of benzene rings is 1. The second kappa shape index (κ2) is 7.69. The molecule has 3 heterocycles. The molecule has 10 heteroatoms. The van der Waals surface area contributed by atoms with Crippen molar-refractivity contribution in [1.82, 2.24) is 25.6 Å². The number of nitrogens with zero attached hydrogens (tertiary/aromatic N) is 3. The van der Waals surface area contributed by atoms with E-state index in [2.05, 4.69) is 20.6 Å². The van der Waals surface area contributed by atoms with Crippen molar-refractivity contribution in [2.75, 3.05) is 18.6 Å². The number of aromatic amines is 1. The lowest BCUT2D eigenvalue weighted by atomic mass is 10.1. The summed E-state index contributed by atoms with van der Waals surface area (Å²) in [6, 6.07) is 10.9. The van der Waals surface area contributed by atoms with Gasteiger partial charge in [0.1, 0.15) is 17.6 Å². The van der Waals surface area contributed by atoms with Crippen molar-refractivity contribution in [3.63, 3.8) is 0 Å². The fourth-order valence-electron chi connectivity index (χ4n) is 2.81. The molecule has 1 aliphatic rings. The van der Waals surface area contributed by atoms with E-state index < -0.39 is 0 Å². The molecule has 0 spiro atoms. The van der Waals surface area contributed by atoms with E-state index >= 15 is 0 Å². The van der Waals surface area contributed by atoms with Gasteiger partial charge in [0.15, 0.2) is 0 Å². The number of nitrogen functional groups attached to an aromatic ring is 1. The van der Waals surface area contributed by atoms with Crippen LogP contribution in [0.1, 0.15) is 17.4 Å². The average Bonchev–Trinajstić information content (AvgIpc) is 3.46. The molecular formula is C18H18N6O3S. The summed E-state index contributed by atoms with van der Waals surface area (Å²) in [5.74, 6) is 1.64. The van der Waals surface area contributed by atoms with Gasteiger partial charge in [-0.05, 0) is 48.0 Å². The van der Waals surface area contributed by atoms with E-state index in [4.69, 9.17) is 14.9 Å². The maximum absolute atomic E-state index is 12.9. The summed E-state index contributed by atoms with van der Waals surface area (Å²) in [5, 5.41) is 8.44. The second-order valence-corrected chi connectivity index (χ2v) is 6.88. The average molecular weight is 398 g/mol. The highest BCUT2D eigenvalue weighted by Crippen LogP contribution is 2.32. The normalized spacial score (nSPS) is 16.0. The number of nitrogens with two attached hydrogens (primary N) is 1. The number of carbonyl (C=O) groups is 1. The number of rotatable bonds is 6. The Bertz CT molecular complexity index is 983. The molecule has 0 fully saturated rings. The number of H-pyrrole nitrogens is 1. The molecule has 0 bridgehead atoms. The molecule has 0 unspecified atom stereocenters. The maximum Gasteiger partial charge on any atom is 0.252 e. The zero-order chi connectivity index (χ0) is 19.5. The van der Waals surface area contributed by atoms with Crippen molar-refractivity contribution in [3.8, 4) is 5.75 Å². The molecule has 9 nitrogen and oxygen atoms in total. The van der Waals surface area contributed by atoms with Gasteiger partial charge in [0.2, 0.25) is 11.1 Å². The summed E-state index contributed by atoms with van der Waals surface area (Å²) < 4.78 is 10.7. The summed E-state index contributed by atoms with van der Waals surface area (Å²) in [6.45, 7) is 0. The third-order valence-electron chi connectivity index (χ3n) is 4.15. The first-order valence-electron chi connectivity index (χ1n) is 8.43. The zero-order valence-electron chi connectivity index (χ0n) is 15.0. The molecule has 0 radical (unpaired) electrons. The molecule has 1 aromatic carbocycles. The SMILES string of the molecule is COc1ccc(C2=C[C@H](c3ccco3)N(C(=O)CSc3n[nH]c(N)n3)N2)cc1. The number of thioether (sulfide) groups is 1. The summed E-state index contributed by atoms with van der Waals surface area (Å²) in [6.07, 6.45) is 3.54. The number of hydrogen-bond donors (Lipinski definition) is 3. The molecule has 1 aliphatic heterocycles. The molecule has 0 saturated heterocycles. The minimum atomic E-state index is -0.364. The van der Waals surface area contributed by atoms with Crippen LogP contribution in [-0.2, 0) is 4.79 Å². The maximum atomic E-state index is 12.9. The first-order valence-corrected chi connectivity index (χ1v) is 9.41. The van der Waals surface area contributed by atoms with Crippen LogP contribution in [0.3, 0.4) is 0 Å². The molecule has 144 valence electrons. The highest BCUT2D eigenvalue weighted by molar-refractivity contribution is 7.99. The van der Waals surface area contributed by atoms with Crippen molar-refractivity contribution in [2.24, 2.45) is 0 Å². The fourth-order valence-corrected chi connectivity index (χ4v) is 3.47. The number of hydrogen-bond acceptors (Lipinski definition) is 8. The van der Waals surface area contributed by atoms with Gasteiger partial charge in [0.05, 0.1) is 24.8 Å². The number of hydrazine groups is 1. The number of methoxy groups -OCH3 is 1. The lowest BCUT2D eigenvalue weighted by Crippen LogP contribution is -2.40. The number of aromatic nitrogens is 3. The van der Waals surface area contributed by atoms with E-state index in [1.54, 1.807) is 24.4 Å². The Hall–Kier alpha value is -3.40. The van der Waals surface area contributed by atoms with Crippen LogP contribution in [0.2, 0.25) is 0 Å². The third-order valence-corrected chi connectivity index (χ3v) is 4.99. The van der Waals surface area contributed by atoms with Crippen LogP contribution in [0.4, 0.5) is 5.95 Å². The first kappa shape index (κ1) is 18.0. The number of amides is 1. The van der Waals surface area contributed by atoms with Crippen LogP contribution < -0.4 is 15.9 Å². The van der Waals surface area contributed by atoms with Gasteiger partial charge in [-0.25, -0.2) is 10.1 Å². The predicted molar refractivity (Wildman–Crippen MR) is 104 cm³/mol. The number of carbonyl (C=O) groups excluding carboxylic acids is 1. The van der Waals surface area contributed by atoms with Crippen LogP contribution in [0.5, 0.6) is 5.75 Å². The number of anilines is 1. The Morgan fingerprint density at radius 2 is 2.18 bits per heavy atom. The van der Waals surface area contributed by atoms with E-state index in [0.717, 1.165) is 17.0 Å². The quantitative estimate of drug-likeness (QED) is 0.540. The van der Waals surface area contributed by atoms with E-state index in [1.807, 2.05) is 36.4 Å². The second-order valence-electron chi connectivity index (χ2n) is 5.94. The molecule has 1 amide bonds. The summed E-state index contributed by atoms with van der Waals surface area (Å²) in [4.78, 5) is 16.9. The van der Waals surface area contributed by atoms with Gasteiger partial charge >= 0.3 is 0 Å². The molecular weight excluding hydrogens is 380 g/mol. The summed E-state index contributed by atoms with van der Waals surface area (Å²) in [5.41, 5.74) is 10.4. The van der Waals surface area contributed by atoms with Gasteiger partial charge in [-0.3, -0.25) is 10.2 Å². The van der Waals surface area contributed by atoms with Crippen molar-refractivity contribution in [3.05, 3.63) is 60.1 Å². The topological polar surface area (TPSA) is 122 Å². The fraction of sp³-hybridized carbons (Fsp3) is 0.167. The lowest BCUT2D eigenvalue weighted by Gasteiger charge is -2.23. The summed E-state index contributed by atoms with van der Waals surface area (Å²) in [7, 11) is 1.62. The van der Waals surface area contributed by atoms with Gasteiger partial charge < -0.3 is 14.9 Å². The monoisotopic (exact) mass is 398 g/mol. The highest BCUT2D eigenvalue weighted by atomic mass is 32.2. The van der Waals surface area contributed by atoms with Gasteiger partial charge in [0, 0.05) is 0 Å². The Balaban J connectivity index is 1.53. The van der Waals surface area contributed by atoms with Crippen molar-refractivity contribution in [2.45, 2.75) is 11.2 Å². The van der Waals surface area contributed by atoms with Gasteiger partial charge in [-0.2, -0.15) is 4.98 Å². The smallest absolute Gasteiger partial charge is 0.252 e. The molecule has 1 atom stereocenters. The Morgan fingerprint density at radius 3 is 2.82 bits per heavy atom. The van der Waals surface area contributed by atoms with E-state index in [9.17, 15) is 4.79 Å². The zero-order valence-corrected chi connectivity index (χ0v) is 15.8. The number of furan rings is 1. The number of ether oxygens (including phenoxy) is 1. The first-order chi connectivity index (χ1) is 13.6. The van der Waals surface area contributed by atoms with Gasteiger partial charge in [-0.1, -0.05) is 11.8 Å². The molecule has 0 aliphatic carbocycles. The lowest BCUT2D eigenvalue weighted by molar-refractivity contribution is -0.131. The van der Waals surface area contributed by atoms with E-state index in [0.29, 0.717) is 10.9 Å². The molecule has 4 rings (SSSR count). The van der Waals surface area contributed by atoms with Crippen molar-refractivity contribution < 1.29 is 13.9 Å². The number of nitrogens with one attached hydrogen (secondary N) is 2. The van der Waals surface area contributed by atoms with Crippen LogP contribution in [0.15, 0.2) is 58.3 Å². The van der Waals surface area contributed by atoms with Crippen molar-refractivity contribution in [1.29, 1.82) is 0 Å². The minimum absolute atomic E-state index is 0.144. The third kappa shape index (κ3) is 3.67. The van der Waals surface area contributed by atoms with Crippen molar-refractivity contribution >= 4 is 29.3 Å². The van der Waals surface area contributed by atoms with Crippen LogP contribution in [0.25, 0.3) is 5.70 Å². The minimum Gasteiger partial charge on any atom is -0.497 e.